The summed E-state index contributed by atoms with van der Waals surface area (Å²) in [5.41, 5.74) is 7.00. The predicted molar refractivity (Wildman–Crippen MR) is 144 cm³/mol. The number of aryl methyl sites for hydroxylation is 1. The number of fused-ring (bicyclic) bond motifs is 1. The van der Waals surface area contributed by atoms with E-state index in [1.165, 1.54) is 17.7 Å². The molecule has 1 amide bonds. The number of benzene rings is 2. The number of hydrogen-bond acceptors (Lipinski definition) is 5. The molecular weight excluding hydrogens is 466 g/mol. The van der Waals surface area contributed by atoms with Crippen LogP contribution in [0.2, 0.25) is 0 Å². The number of pyridine rings is 1. The fourth-order valence-corrected chi connectivity index (χ4v) is 4.92. The number of rotatable bonds is 6. The van der Waals surface area contributed by atoms with Crippen LogP contribution in [0.1, 0.15) is 25.1 Å². The quantitative estimate of drug-likeness (QED) is 0.271. The highest BCUT2D eigenvalue weighted by atomic mass is 16.6. The van der Waals surface area contributed by atoms with Crippen LogP contribution in [0.25, 0.3) is 28.0 Å². The molecule has 0 N–H and O–H groups in total. The molecule has 3 heterocycles. The van der Waals surface area contributed by atoms with E-state index in [2.05, 4.69) is 52.8 Å². The maximum atomic E-state index is 12.5. The van der Waals surface area contributed by atoms with E-state index in [9.17, 15) is 14.9 Å². The number of imidazole rings is 1. The van der Waals surface area contributed by atoms with E-state index in [0.29, 0.717) is 19.6 Å². The molecule has 0 atom stereocenters. The normalized spacial score (nSPS) is 14.4. The van der Waals surface area contributed by atoms with Crippen molar-refractivity contribution >= 4 is 17.2 Å². The third-order valence-corrected chi connectivity index (χ3v) is 6.97. The van der Waals surface area contributed by atoms with Crippen LogP contribution in [0.5, 0.6) is 0 Å². The zero-order chi connectivity index (χ0) is 26.1. The molecular formula is C29H31N5O3. The standard InChI is InChI=1S/C29H31N5O3/c1-20(2)29(35)32-15-13-31(14-16-32)19-26-28(22-7-10-25(11-8-22)34(36)37)30-27-12-9-24(18-33(26)27)23-6-4-5-21(3)17-23/h4-12,17-18,20H,13-16,19H2,1-3H3. The first-order valence-electron chi connectivity index (χ1n) is 12.6. The van der Waals surface area contributed by atoms with E-state index in [1.54, 1.807) is 12.1 Å². The molecule has 190 valence electrons. The third-order valence-electron chi connectivity index (χ3n) is 6.97. The van der Waals surface area contributed by atoms with Gasteiger partial charge in [-0.25, -0.2) is 4.98 Å². The smallest absolute Gasteiger partial charge is 0.269 e. The Morgan fingerprint density at radius 1 is 0.973 bits per heavy atom. The summed E-state index contributed by atoms with van der Waals surface area (Å²) in [6.45, 7) is 9.59. The molecule has 1 aliphatic heterocycles. The highest BCUT2D eigenvalue weighted by Crippen LogP contribution is 2.30. The summed E-state index contributed by atoms with van der Waals surface area (Å²) in [5.74, 6) is 0.197. The van der Waals surface area contributed by atoms with Gasteiger partial charge in [0.05, 0.1) is 16.3 Å². The molecule has 37 heavy (non-hydrogen) atoms. The average molecular weight is 498 g/mol. The first-order chi connectivity index (χ1) is 17.8. The Balaban J connectivity index is 1.52. The maximum Gasteiger partial charge on any atom is 0.269 e. The summed E-state index contributed by atoms with van der Waals surface area (Å²) in [5, 5.41) is 11.2. The SMILES string of the molecule is Cc1cccc(-c2ccc3nc(-c4ccc([N+](=O)[O-])cc4)c(CN4CCN(C(=O)C(C)C)CC4)n3c2)c1. The summed E-state index contributed by atoms with van der Waals surface area (Å²) in [6.07, 6.45) is 2.12. The van der Waals surface area contributed by atoms with Gasteiger partial charge in [-0.05, 0) is 42.3 Å². The molecule has 2 aromatic heterocycles. The second-order valence-electron chi connectivity index (χ2n) is 9.98. The third kappa shape index (κ3) is 5.11. The van der Waals surface area contributed by atoms with Crippen molar-refractivity contribution in [1.82, 2.24) is 19.2 Å². The van der Waals surface area contributed by atoms with Crippen LogP contribution in [-0.4, -0.2) is 56.2 Å². The molecule has 0 aliphatic carbocycles. The minimum absolute atomic E-state index is 0.000827. The van der Waals surface area contributed by atoms with E-state index in [4.69, 9.17) is 4.98 Å². The largest absolute Gasteiger partial charge is 0.340 e. The second-order valence-corrected chi connectivity index (χ2v) is 9.98. The monoisotopic (exact) mass is 497 g/mol. The Hall–Kier alpha value is -4.04. The van der Waals surface area contributed by atoms with Crippen LogP contribution in [0.15, 0.2) is 66.9 Å². The van der Waals surface area contributed by atoms with Gasteiger partial charge in [-0.2, -0.15) is 0 Å². The predicted octanol–water partition coefficient (Wildman–Crippen LogP) is 5.19. The second kappa shape index (κ2) is 10.1. The topological polar surface area (TPSA) is 84.0 Å². The van der Waals surface area contributed by atoms with Gasteiger partial charge in [-0.3, -0.25) is 19.8 Å². The molecule has 0 radical (unpaired) electrons. The molecule has 2 aromatic carbocycles. The summed E-state index contributed by atoms with van der Waals surface area (Å²) in [4.78, 5) is 32.5. The van der Waals surface area contributed by atoms with Crippen molar-refractivity contribution in [1.29, 1.82) is 0 Å². The van der Waals surface area contributed by atoms with Gasteiger partial charge in [0.2, 0.25) is 5.91 Å². The molecule has 1 saturated heterocycles. The van der Waals surface area contributed by atoms with Crippen LogP contribution in [0, 0.1) is 23.0 Å². The van der Waals surface area contributed by atoms with Gasteiger partial charge in [0.15, 0.2) is 0 Å². The van der Waals surface area contributed by atoms with E-state index in [-0.39, 0.29) is 22.4 Å². The first-order valence-corrected chi connectivity index (χ1v) is 12.6. The van der Waals surface area contributed by atoms with Crippen molar-refractivity contribution in [2.45, 2.75) is 27.3 Å². The molecule has 5 rings (SSSR count). The number of nitro benzene ring substituents is 1. The molecule has 0 spiro atoms. The average Bonchev–Trinajstić information content (AvgIpc) is 3.26. The lowest BCUT2D eigenvalue weighted by Gasteiger charge is -2.35. The van der Waals surface area contributed by atoms with E-state index in [0.717, 1.165) is 46.8 Å². The molecule has 1 aliphatic rings. The van der Waals surface area contributed by atoms with Crippen LogP contribution in [0.4, 0.5) is 5.69 Å². The summed E-state index contributed by atoms with van der Waals surface area (Å²) >= 11 is 0. The molecule has 8 nitrogen and oxygen atoms in total. The van der Waals surface area contributed by atoms with Crippen molar-refractivity contribution in [3.05, 3.63) is 88.2 Å². The first kappa shape index (κ1) is 24.6. The van der Waals surface area contributed by atoms with Crippen molar-refractivity contribution in [2.24, 2.45) is 5.92 Å². The fraction of sp³-hybridized carbons (Fsp3) is 0.310. The molecule has 0 bridgehead atoms. The number of nitro groups is 1. The van der Waals surface area contributed by atoms with Crippen LogP contribution < -0.4 is 0 Å². The zero-order valence-corrected chi connectivity index (χ0v) is 21.4. The lowest BCUT2D eigenvalue weighted by atomic mass is 10.1. The maximum absolute atomic E-state index is 12.5. The number of non-ortho nitro benzene ring substituents is 1. The van der Waals surface area contributed by atoms with Gasteiger partial charge in [0.1, 0.15) is 5.65 Å². The number of piperazine rings is 1. The van der Waals surface area contributed by atoms with Crippen molar-refractivity contribution in [3.8, 4) is 22.4 Å². The van der Waals surface area contributed by atoms with Gasteiger partial charge in [-0.15, -0.1) is 0 Å². The van der Waals surface area contributed by atoms with Gasteiger partial charge >= 0.3 is 0 Å². The van der Waals surface area contributed by atoms with Crippen molar-refractivity contribution in [2.75, 3.05) is 26.2 Å². The van der Waals surface area contributed by atoms with E-state index in [1.807, 2.05) is 24.8 Å². The fourth-order valence-electron chi connectivity index (χ4n) is 4.92. The molecule has 1 fully saturated rings. The number of amides is 1. The number of carbonyl (C=O) groups is 1. The lowest BCUT2D eigenvalue weighted by molar-refractivity contribution is -0.384. The van der Waals surface area contributed by atoms with Gasteiger partial charge in [0.25, 0.3) is 5.69 Å². The van der Waals surface area contributed by atoms with Crippen LogP contribution >= 0.6 is 0 Å². The lowest BCUT2D eigenvalue weighted by Crippen LogP contribution is -2.49. The Kier molecular flexibility index (Phi) is 6.76. The Morgan fingerprint density at radius 3 is 2.32 bits per heavy atom. The highest BCUT2D eigenvalue weighted by Gasteiger charge is 2.25. The summed E-state index contributed by atoms with van der Waals surface area (Å²) in [6, 6.07) is 19.1. The Labute approximate surface area is 216 Å². The number of carbonyl (C=O) groups excluding carboxylic acids is 1. The summed E-state index contributed by atoms with van der Waals surface area (Å²) in [7, 11) is 0. The molecule has 0 unspecified atom stereocenters. The van der Waals surface area contributed by atoms with E-state index >= 15 is 0 Å². The van der Waals surface area contributed by atoms with E-state index < -0.39 is 0 Å². The Bertz CT molecular complexity index is 1450. The minimum atomic E-state index is -0.388. The van der Waals surface area contributed by atoms with Gasteiger partial charge < -0.3 is 9.30 Å². The number of hydrogen-bond donors (Lipinski definition) is 0. The zero-order valence-electron chi connectivity index (χ0n) is 21.4. The minimum Gasteiger partial charge on any atom is -0.340 e. The summed E-state index contributed by atoms with van der Waals surface area (Å²) < 4.78 is 2.14. The van der Waals surface area contributed by atoms with Crippen LogP contribution in [0.3, 0.4) is 0 Å². The van der Waals surface area contributed by atoms with Crippen molar-refractivity contribution in [3.63, 3.8) is 0 Å². The molecule has 8 heteroatoms. The van der Waals surface area contributed by atoms with Gasteiger partial charge in [-0.1, -0.05) is 43.7 Å². The molecule has 0 saturated carbocycles. The number of nitrogens with zero attached hydrogens (tertiary/aromatic N) is 5. The molecule has 4 aromatic rings. The number of aromatic nitrogens is 2. The van der Waals surface area contributed by atoms with Gasteiger partial charge in [0, 0.05) is 62.5 Å². The Morgan fingerprint density at radius 2 is 1.68 bits per heavy atom. The highest BCUT2D eigenvalue weighted by molar-refractivity contribution is 5.78. The van der Waals surface area contributed by atoms with Crippen LogP contribution in [-0.2, 0) is 11.3 Å². The van der Waals surface area contributed by atoms with Crippen molar-refractivity contribution < 1.29 is 9.72 Å².